The average Bonchev–Trinajstić information content (AvgIpc) is 2.49. The van der Waals surface area contributed by atoms with Crippen molar-refractivity contribution in [2.45, 2.75) is 6.61 Å². The molecule has 0 N–H and O–H groups in total. The molecule has 0 spiro atoms. The Balaban J connectivity index is 1.75. The van der Waals surface area contributed by atoms with E-state index in [2.05, 4.69) is 25.9 Å². The van der Waals surface area contributed by atoms with Crippen molar-refractivity contribution in [3.05, 3.63) is 45.8 Å². The average molecular weight is 374 g/mol. The zero-order valence-corrected chi connectivity index (χ0v) is 13.7. The molecular weight excluding hydrogens is 360 g/mol. The summed E-state index contributed by atoms with van der Waals surface area (Å²) in [5.74, 6) is 1.17. The molecule has 0 saturated heterocycles. The Morgan fingerprint density at radius 1 is 1.29 bits per heavy atom. The maximum absolute atomic E-state index is 5.76. The largest absolute Gasteiger partial charge is 0.495 e. The number of halogens is 2. The summed E-state index contributed by atoms with van der Waals surface area (Å²) in [7, 11) is 1.60. The van der Waals surface area contributed by atoms with Gasteiger partial charge < -0.3 is 14.2 Å². The number of pyridine rings is 2. The number of rotatable bonds is 7. The normalized spacial score (nSPS) is 10.4. The molecule has 2 aromatic rings. The van der Waals surface area contributed by atoms with Gasteiger partial charge in [-0.3, -0.25) is 0 Å². The molecule has 0 aliphatic rings. The first-order valence-corrected chi connectivity index (χ1v) is 7.37. The third-order valence-electron chi connectivity index (χ3n) is 2.55. The summed E-state index contributed by atoms with van der Waals surface area (Å²) in [5, 5.41) is 0.403. The molecule has 2 aromatic heterocycles. The number of methoxy groups -OCH3 is 1. The number of ether oxygens (including phenoxy) is 3. The number of aromatic nitrogens is 2. The van der Waals surface area contributed by atoms with Crippen LogP contribution in [0.5, 0.6) is 11.6 Å². The molecule has 0 radical (unpaired) electrons. The molecular formula is C14H14BrClN2O3. The molecule has 5 nitrogen and oxygen atoms in total. The Kier molecular flexibility index (Phi) is 6.22. The first kappa shape index (κ1) is 16.0. The van der Waals surface area contributed by atoms with E-state index in [0.29, 0.717) is 36.6 Å². The topological polar surface area (TPSA) is 53.5 Å². The molecule has 0 aliphatic heterocycles. The predicted octanol–water partition coefficient (Wildman–Crippen LogP) is 3.50. The van der Waals surface area contributed by atoms with E-state index < -0.39 is 0 Å². The molecule has 0 fully saturated rings. The van der Waals surface area contributed by atoms with Gasteiger partial charge in [-0.25, -0.2) is 9.97 Å². The van der Waals surface area contributed by atoms with Gasteiger partial charge in [-0.2, -0.15) is 0 Å². The molecule has 0 aromatic carbocycles. The van der Waals surface area contributed by atoms with Crippen molar-refractivity contribution in [2.75, 3.05) is 20.3 Å². The zero-order valence-electron chi connectivity index (χ0n) is 11.4. The highest BCUT2D eigenvalue weighted by atomic mass is 79.9. The first-order valence-electron chi connectivity index (χ1n) is 6.20. The van der Waals surface area contributed by atoms with E-state index in [1.54, 1.807) is 31.5 Å². The summed E-state index contributed by atoms with van der Waals surface area (Å²) >= 11 is 9.14. The third-order valence-corrected chi connectivity index (χ3v) is 3.47. The van der Waals surface area contributed by atoms with Crippen LogP contribution in [0.4, 0.5) is 0 Å². The lowest BCUT2D eigenvalue weighted by atomic mass is 10.3. The summed E-state index contributed by atoms with van der Waals surface area (Å²) in [4.78, 5) is 8.18. The van der Waals surface area contributed by atoms with Crippen LogP contribution in [-0.2, 0) is 11.3 Å². The van der Waals surface area contributed by atoms with Gasteiger partial charge in [0.15, 0.2) is 0 Å². The van der Waals surface area contributed by atoms with Gasteiger partial charge in [-0.15, -0.1) is 0 Å². The number of nitrogens with zero attached hydrogens (tertiary/aromatic N) is 2. The number of hydrogen-bond acceptors (Lipinski definition) is 5. The van der Waals surface area contributed by atoms with Crippen LogP contribution in [0.2, 0.25) is 5.15 Å². The Bertz CT molecular complexity index is 598. The molecule has 0 unspecified atom stereocenters. The van der Waals surface area contributed by atoms with Crippen LogP contribution < -0.4 is 9.47 Å². The second-order valence-electron chi connectivity index (χ2n) is 4.02. The highest BCUT2D eigenvalue weighted by Crippen LogP contribution is 2.20. The van der Waals surface area contributed by atoms with Gasteiger partial charge in [0.2, 0.25) is 5.88 Å². The highest BCUT2D eigenvalue weighted by molar-refractivity contribution is 9.10. The van der Waals surface area contributed by atoms with Gasteiger partial charge in [0.1, 0.15) is 22.1 Å². The Morgan fingerprint density at radius 2 is 2.14 bits per heavy atom. The number of hydrogen-bond donors (Lipinski definition) is 0. The van der Waals surface area contributed by atoms with Gasteiger partial charge in [-0.05, 0) is 28.1 Å². The fourth-order valence-corrected chi connectivity index (χ4v) is 2.03. The van der Waals surface area contributed by atoms with Crippen molar-refractivity contribution in [1.82, 2.24) is 9.97 Å². The summed E-state index contributed by atoms with van der Waals surface area (Å²) in [6.07, 6.45) is 1.64. The Labute approximate surface area is 136 Å². The minimum absolute atomic E-state index is 0.391. The van der Waals surface area contributed by atoms with Gasteiger partial charge >= 0.3 is 0 Å². The van der Waals surface area contributed by atoms with Crippen LogP contribution in [0, 0.1) is 0 Å². The molecule has 112 valence electrons. The smallest absolute Gasteiger partial charge is 0.214 e. The monoisotopic (exact) mass is 372 g/mol. The van der Waals surface area contributed by atoms with E-state index in [-0.39, 0.29) is 0 Å². The molecule has 2 rings (SSSR count). The van der Waals surface area contributed by atoms with Crippen LogP contribution in [0.1, 0.15) is 5.56 Å². The van der Waals surface area contributed by atoms with Crippen LogP contribution in [-0.4, -0.2) is 30.3 Å². The van der Waals surface area contributed by atoms with Crippen molar-refractivity contribution in [2.24, 2.45) is 0 Å². The molecule has 0 saturated carbocycles. The van der Waals surface area contributed by atoms with Crippen molar-refractivity contribution in [1.29, 1.82) is 0 Å². The third kappa shape index (κ3) is 5.15. The second kappa shape index (κ2) is 8.17. The lowest BCUT2D eigenvalue weighted by Crippen LogP contribution is -2.08. The van der Waals surface area contributed by atoms with Crippen LogP contribution in [0.15, 0.2) is 35.1 Å². The van der Waals surface area contributed by atoms with Crippen molar-refractivity contribution in [3.8, 4) is 11.6 Å². The van der Waals surface area contributed by atoms with E-state index >= 15 is 0 Å². The van der Waals surface area contributed by atoms with E-state index in [9.17, 15) is 0 Å². The Morgan fingerprint density at radius 3 is 2.90 bits per heavy atom. The quantitative estimate of drug-likeness (QED) is 0.549. The fourth-order valence-electron chi connectivity index (χ4n) is 1.54. The van der Waals surface area contributed by atoms with E-state index in [4.69, 9.17) is 25.8 Å². The summed E-state index contributed by atoms with van der Waals surface area (Å²) in [6.45, 7) is 1.23. The zero-order chi connectivity index (χ0) is 15.1. The van der Waals surface area contributed by atoms with Crippen molar-refractivity contribution >= 4 is 27.5 Å². The van der Waals surface area contributed by atoms with Gasteiger partial charge in [-0.1, -0.05) is 17.7 Å². The first-order chi connectivity index (χ1) is 10.2. The Hall–Kier alpha value is -1.37. The van der Waals surface area contributed by atoms with Gasteiger partial charge in [0.05, 0.1) is 26.5 Å². The highest BCUT2D eigenvalue weighted by Gasteiger charge is 2.04. The van der Waals surface area contributed by atoms with E-state index in [0.717, 1.165) is 10.2 Å². The molecule has 0 aliphatic carbocycles. The fraction of sp³-hybridized carbons (Fsp3) is 0.286. The SMILES string of the molecule is COc1cnc(Br)c(COCCOc2cccc(Cl)n2)c1. The minimum atomic E-state index is 0.391. The lowest BCUT2D eigenvalue weighted by Gasteiger charge is -2.08. The van der Waals surface area contributed by atoms with Crippen LogP contribution in [0.25, 0.3) is 0 Å². The maximum atomic E-state index is 5.76. The molecule has 0 amide bonds. The molecule has 0 atom stereocenters. The molecule has 7 heteroatoms. The summed E-state index contributed by atoms with van der Waals surface area (Å²) in [6, 6.07) is 7.09. The standard InChI is InChI=1S/C14H14BrClN2O3/c1-19-11-7-10(14(15)17-8-11)9-20-5-6-21-13-4-2-3-12(16)18-13/h2-4,7-8H,5-6,9H2,1H3. The van der Waals surface area contributed by atoms with Gasteiger partial charge in [0, 0.05) is 11.6 Å². The molecule has 2 heterocycles. The van der Waals surface area contributed by atoms with E-state index in [1.807, 2.05) is 6.07 Å². The molecule has 0 bridgehead atoms. The van der Waals surface area contributed by atoms with E-state index in [1.165, 1.54) is 0 Å². The van der Waals surface area contributed by atoms with Crippen LogP contribution >= 0.6 is 27.5 Å². The maximum Gasteiger partial charge on any atom is 0.214 e. The lowest BCUT2D eigenvalue weighted by molar-refractivity contribution is 0.0868. The van der Waals surface area contributed by atoms with Crippen LogP contribution in [0.3, 0.4) is 0 Å². The molecule has 21 heavy (non-hydrogen) atoms. The van der Waals surface area contributed by atoms with Gasteiger partial charge in [0.25, 0.3) is 0 Å². The summed E-state index contributed by atoms with van der Waals surface area (Å²) in [5.41, 5.74) is 0.912. The predicted molar refractivity (Wildman–Crippen MR) is 82.9 cm³/mol. The van der Waals surface area contributed by atoms with Crippen molar-refractivity contribution < 1.29 is 14.2 Å². The second-order valence-corrected chi connectivity index (χ2v) is 5.16. The van der Waals surface area contributed by atoms with Crippen molar-refractivity contribution in [3.63, 3.8) is 0 Å². The minimum Gasteiger partial charge on any atom is -0.495 e. The summed E-state index contributed by atoms with van der Waals surface area (Å²) < 4.78 is 16.8.